The molecule has 1 aliphatic rings. The Morgan fingerprint density at radius 1 is 1.17 bits per heavy atom. The number of hydrogen-bond acceptors (Lipinski definition) is 3. The van der Waals surface area contributed by atoms with E-state index < -0.39 is 0 Å². The number of hydrogen-bond donors (Lipinski definition) is 1. The number of amides is 1. The van der Waals surface area contributed by atoms with Crippen molar-refractivity contribution in [1.82, 2.24) is 9.88 Å². The van der Waals surface area contributed by atoms with Crippen LogP contribution in [0.5, 0.6) is 0 Å². The van der Waals surface area contributed by atoms with Crippen LogP contribution in [-0.4, -0.2) is 34.4 Å². The second-order valence-electron chi connectivity index (χ2n) is 5.83. The van der Waals surface area contributed by atoms with Gasteiger partial charge in [-0.25, -0.2) is 4.79 Å². The summed E-state index contributed by atoms with van der Waals surface area (Å²) >= 11 is 1.15. The first-order valence-corrected chi connectivity index (χ1v) is 9.18. The molecule has 24 heavy (non-hydrogen) atoms. The third kappa shape index (κ3) is 4.93. The number of likely N-dealkylation sites (tertiary alicyclic amines) is 1. The maximum absolute atomic E-state index is 12.1. The Hall–Kier alpha value is -2.14. The smallest absolute Gasteiger partial charge is 0.410 e. The van der Waals surface area contributed by atoms with Crippen LogP contribution in [0.25, 0.3) is 0 Å². The highest BCUT2D eigenvalue weighted by Crippen LogP contribution is 2.19. The Kier molecular flexibility index (Phi) is 6.01. The first kappa shape index (κ1) is 16.7. The van der Waals surface area contributed by atoms with Gasteiger partial charge in [-0.1, -0.05) is 41.8 Å². The second-order valence-corrected chi connectivity index (χ2v) is 6.85. The van der Waals surface area contributed by atoms with Crippen molar-refractivity contribution >= 4 is 22.8 Å². The molecule has 0 unspecified atom stereocenters. The lowest BCUT2D eigenvalue weighted by atomic mass is 10.00. The van der Waals surface area contributed by atoms with E-state index in [2.05, 4.69) is 10.4 Å². The molecule has 1 aromatic heterocycles. The maximum Gasteiger partial charge on any atom is 0.410 e. The van der Waals surface area contributed by atoms with Gasteiger partial charge in [-0.05, 0) is 36.5 Å². The molecule has 1 aliphatic heterocycles. The van der Waals surface area contributed by atoms with Crippen molar-refractivity contribution in [3.8, 4) is 0 Å². The van der Waals surface area contributed by atoms with Crippen LogP contribution in [0.15, 0.2) is 59.8 Å². The Labute approximate surface area is 146 Å². The normalized spacial score (nSPS) is 15.9. The van der Waals surface area contributed by atoms with Gasteiger partial charge in [0.15, 0.2) is 0 Å². The van der Waals surface area contributed by atoms with Gasteiger partial charge in [0, 0.05) is 19.3 Å². The van der Waals surface area contributed by atoms with Gasteiger partial charge in [0.25, 0.3) is 0 Å². The highest BCUT2D eigenvalue weighted by Gasteiger charge is 2.22. The van der Waals surface area contributed by atoms with Crippen molar-refractivity contribution < 1.29 is 9.53 Å². The minimum atomic E-state index is -0.209. The van der Waals surface area contributed by atoms with E-state index in [1.165, 1.54) is 0 Å². The summed E-state index contributed by atoms with van der Waals surface area (Å²) in [6.07, 6.45) is 3.58. The molecule has 5 heteroatoms. The lowest BCUT2D eigenvalue weighted by Crippen LogP contribution is -2.39. The molecule has 3 rings (SSSR count). The molecule has 0 bridgehead atoms. The number of ether oxygens (including phenoxy) is 1. The Morgan fingerprint density at radius 2 is 1.92 bits per heavy atom. The van der Waals surface area contributed by atoms with Crippen LogP contribution in [0.4, 0.5) is 4.79 Å². The Morgan fingerprint density at radius 3 is 2.62 bits per heavy atom. The van der Waals surface area contributed by atoms with Crippen molar-refractivity contribution in [3.63, 3.8) is 0 Å². The molecule has 2 aromatic rings. The number of carbonyl (C=O) groups excluding carboxylic acids is 1. The average molecular weight is 342 g/mol. The number of aromatic nitrogens is 1. The first-order chi connectivity index (χ1) is 11.8. The standard InChI is InChI=1S/C19H22N2O2S/c22-19(23-14-16-6-2-1-3-7-16)21-12-9-17(10-13-21)15-24-18-8-4-5-11-20-18/h1-8,11,15,17,24H,9-10,12-14H2. The van der Waals surface area contributed by atoms with Crippen molar-refractivity contribution in [2.24, 2.45) is 5.92 Å². The minimum absolute atomic E-state index is 0.209. The third-order valence-corrected chi connectivity index (χ3v) is 5.17. The molecular weight excluding hydrogens is 320 g/mol. The molecule has 0 N–H and O–H groups in total. The SMILES string of the molecule is O=C(OCc1ccccc1)N1CCC(C=[SH]c2ccccn2)CC1. The van der Waals surface area contributed by atoms with Gasteiger partial charge < -0.3 is 9.64 Å². The molecule has 0 radical (unpaired) electrons. The van der Waals surface area contributed by atoms with E-state index in [0.29, 0.717) is 12.5 Å². The van der Waals surface area contributed by atoms with Crippen LogP contribution in [0.3, 0.4) is 0 Å². The number of piperidine rings is 1. The molecule has 0 aliphatic carbocycles. The predicted octanol–water partition coefficient (Wildman–Crippen LogP) is 3.76. The Bertz CT molecular complexity index is 668. The van der Waals surface area contributed by atoms with E-state index in [0.717, 1.165) is 47.9 Å². The second kappa shape index (κ2) is 8.64. The molecule has 1 amide bonds. The van der Waals surface area contributed by atoms with E-state index in [4.69, 9.17) is 4.74 Å². The van der Waals surface area contributed by atoms with Gasteiger partial charge >= 0.3 is 6.09 Å². The highest BCUT2D eigenvalue weighted by molar-refractivity contribution is 7.97. The quantitative estimate of drug-likeness (QED) is 0.679. The van der Waals surface area contributed by atoms with Gasteiger partial charge in [-0.15, -0.1) is 0 Å². The lowest BCUT2D eigenvalue weighted by molar-refractivity contribution is 0.0868. The molecule has 126 valence electrons. The van der Waals surface area contributed by atoms with Crippen LogP contribution in [-0.2, 0) is 11.3 Å². The van der Waals surface area contributed by atoms with Crippen molar-refractivity contribution in [1.29, 1.82) is 0 Å². The summed E-state index contributed by atoms with van der Waals surface area (Å²) in [5, 5.41) is 3.37. The third-order valence-electron chi connectivity index (χ3n) is 4.07. The van der Waals surface area contributed by atoms with Gasteiger partial charge in [0.2, 0.25) is 0 Å². The molecule has 2 heterocycles. The van der Waals surface area contributed by atoms with Gasteiger partial charge in [0.1, 0.15) is 6.61 Å². The summed E-state index contributed by atoms with van der Waals surface area (Å²) in [5.74, 6) is 0.534. The van der Waals surface area contributed by atoms with Crippen molar-refractivity contribution in [2.45, 2.75) is 24.5 Å². The van der Waals surface area contributed by atoms with Crippen LogP contribution >= 0.6 is 11.4 Å². The number of pyridine rings is 1. The summed E-state index contributed by atoms with van der Waals surface area (Å²) in [4.78, 5) is 18.3. The van der Waals surface area contributed by atoms with E-state index in [1.807, 2.05) is 59.6 Å². The number of thiol groups is 1. The van der Waals surface area contributed by atoms with E-state index in [-0.39, 0.29) is 6.09 Å². The summed E-state index contributed by atoms with van der Waals surface area (Å²) in [7, 11) is 0. The molecular formula is C19H22N2O2S. The van der Waals surface area contributed by atoms with Crippen LogP contribution in [0.1, 0.15) is 18.4 Å². The van der Waals surface area contributed by atoms with Crippen molar-refractivity contribution in [2.75, 3.05) is 13.1 Å². The molecule has 0 saturated carbocycles. The summed E-state index contributed by atoms with van der Waals surface area (Å²) in [5.41, 5.74) is 1.02. The predicted molar refractivity (Wildman–Crippen MR) is 98.5 cm³/mol. The lowest BCUT2D eigenvalue weighted by Gasteiger charge is -2.29. The van der Waals surface area contributed by atoms with Gasteiger partial charge in [-0.2, -0.15) is 11.4 Å². The number of benzene rings is 1. The molecule has 1 fully saturated rings. The van der Waals surface area contributed by atoms with E-state index in [9.17, 15) is 4.79 Å². The number of carbonyl (C=O) groups is 1. The fraction of sp³-hybridized carbons (Fsp3) is 0.316. The summed E-state index contributed by atoms with van der Waals surface area (Å²) in [6, 6.07) is 15.8. The number of nitrogens with zero attached hydrogens (tertiary/aromatic N) is 2. The van der Waals surface area contributed by atoms with Gasteiger partial charge in [-0.3, -0.25) is 4.98 Å². The minimum Gasteiger partial charge on any atom is -0.445 e. The zero-order valence-corrected chi connectivity index (χ0v) is 14.4. The fourth-order valence-corrected chi connectivity index (χ4v) is 3.62. The highest BCUT2D eigenvalue weighted by atomic mass is 32.1. The number of rotatable bonds is 4. The molecule has 0 atom stereocenters. The molecule has 1 saturated heterocycles. The average Bonchev–Trinajstić information content (AvgIpc) is 2.66. The molecule has 0 spiro atoms. The zero-order valence-electron chi connectivity index (χ0n) is 13.5. The maximum atomic E-state index is 12.1. The summed E-state index contributed by atoms with van der Waals surface area (Å²) in [6.45, 7) is 1.85. The monoisotopic (exact) mass is 342 g/mol. The van der Waals surface area contributed by atoms with Crippen LogP contribution in [0, 0.1) is 5.92 Å². The van der Waals surface area contributed by atoms with Crippen LogP contribution < -0.4 is 0 Å². The first-order valence-electron chi connectivity index (χ1n) is 8.22. The molecule has 4 nitrogen and oxygen atoms in total. The summed E-state index contributed by atoms with van der Waals surface area (Å²) < 4.78 is 5.40. The zero-order chi connectivity index (χ0) is 16.6. The topological polar surface area (TPSA) is 42.4 Å². The van der Waals surface area contributed by atoms with Gasteiger partial charge in [0.05, 0.1) is 5.03 Å². The van der Waals surface area contributed by atoms with Crippen molar-refractivity contribution in [3.05, 3.63) is 60.3 Å². The largest absolute Gasteiger partial charge is 0.445 e. The molecule has 1 aromatic carbocycles. The fourth-order valence-electron chi connectivity index (χ4n) is 2.65. The van der Waals surface area contributed by atoms with E-state index in [1.54, 1.807) is 0 Å². The van der Waals surface area contributed by atoms with E-state index >= 15 is 0 Å². The van der Waals surface area contributed by atoms with Crippen LogP contribution in [0.2, 0.25) is 0 Å². The Balaban J connectivity index is 1.43.